The maximum absolute atomic E-state index is 16.8. The molecule has 17 heteroatoms. The van der Waals surface area contributed by atoms with Crippen LogP contribution in [0, 0.1) is 39.8 Å². The molecule has 75 heavy (non-hydrogen) atoms. The Balaban J connectivity index is 0.759. The predicted molar refractivity (Wildman–Crippen MR) is 271 cm³/mol. The number of likely N-dealkylation sites (tertiary alicyclic amines) is 2. The molecule has 2 spiro atoms. The Kier molecular flexibility index (Phi) is 11.7. The third kappa shape index (κ3) is 8.08. The topological polar surface area (TPSA) is 135 Å². The van der Waals surface area contributed by atoms with Crippen LogP contribution in [0.1, 0.15) is 155 Å². The predicted octanol–water partition coefficient (Wildman–Crippen LogP) is 8.98. The average molecular weight is 1050 g/mol. The molecule has 6 heterocycles. The molecular formula is C58H64ClF4N7O5. The van der Waals surface area contributed by atoms with Gasteiger partial charge >= 0.3 is 6.18 Å². The smallest absolute Gasteiger partial charge is 0.384 e. The van der Waals surface area contributed by atoms with Gasteiger partial charge in [-0.25, -0.2) is 4.39 Å². The molecular weight excluding hydrogens is 986 g/mol. The third-order valence-electron chi connectivity index (χ3n) is 19.6. The van der Waals surface area contributed by atoms with E-state index in [9.17, 15) is 32.3 Å². The van der Waals surface area contributed by atoms with Gasteiger partial charge in [0.25, 0.3) is 5.91 Å². The van der Waals surface area contributed by atoms with Gasteiger partial charge in [-0.1, -0.05) is 62.4 Å². The van der Waals surface area contributed by atoms with Crippen LogP contribution in [0.25, 0.3) is 0 Å². The molecule has 0 radical (unpaired) electrons. The van der Waals surface area contributed by atoms with E-state index < -0.39 is 64.0 Å². The molecule has 5 aliphatic heterocycles. The third-order valence-corrected chi connectivity index (χ3v) is 19.9. The van der Waals surface area contributed by atoms with Crippen LogP contribution in [0.3, 0.4) is 0 Å². The number of piperidine rings is 2. The number of carbonyl (C=O) groups excluding carboxylic acids is 5. The molecule has 8 fully saturated rings. The van der Waals surface area contributed by atoms with E-state index >= 15 is 9.18 Å². The van der Waals surface area contributed by atoms with Crippen LogP contribution in [0.15, 0.2) is 48.7 Å². The van der Waals surface area contributed by atoms with Crippen molar-refractivity contribution < 1.29 is 41.5 Å². The summed E-state index contributed by atoms with van der Waals surface area (Å²) in [6.07, 6.45) is 6.03. The molecule has 1 unspecified atom stereocenters. The molecule has 5 amide bonds. The Bertz CT molecular complexity index is 2980. The number of pyridine rings is 1. The van der Waals surface area contributed by atoms with E-state index in [2.05, 4.69) is 62.9 Å². The molecule has 3 aromatic rings. The monoisotopic (exact) mass is 1050 g/mol. The van der Waals surface area contributed by atoms with Crippen molar-refractivity contribution in [2.75, 3.05) is 32.0 Å². The molecule has 3 saturated heterocycles. The molecule has 2 bridgehead atoms. The fourth-order valence-electron chi connectivity index (χ4n) is 15.3. The Morgan fingerprint density at radius 2 is 1.65 bits per heavy atom. The lowest BCUT2D eigenvalue weighted by Crippen LogP contribution is -2.64. The Hall–Kier alpha value is -5.53. The lowest BCUT2D eigenvalue weighted by Gasteiger charge is -2.58. The molecule has 1 aromatic heterocycles. The number of rotatable bonds is 7. The van der Waals surface area contributed by atoms with Crippen molar-refractivity contribution in [1.29, 1.82) is 0 Å². The van der Waals surface area contributed by atoms with Gasteiger partial charge in [0.1, 0.15) is 17.6 Å². The van der Waals surface area contributed by atoms with Crippen molar-refractivity contribution >= 4 is 46.8 Å². The maximum atomic E-state index is 16.8. The van der Waals surface area contributed by atoms with E-state index in [1.165, 1.54) is 12.3 Å². The minimum Gasteiger partial charge on any atom is -0.384 e. The van der Waals surface area contributed by atoms with E-state index in [0.29, 0.717) is 75.6 Å². The van der Waals surface area contributed by atoms with Gasteiger partial charge in [-0.05, 0) is 137 Å². The molecule has 2 N–H and O–H groups in total. The van der Waals surface area contributed by atoms with Crippen LogP contribution in [-0.2, 0) is 37.3 Å². The summed E-state index contributed by atoms with van der Waals surface area (Å²) in [4.78, 5) is 80.6. The van der Waals surface area contributed by atoms with Crippen LogP contribution < -0.4 is 10.6 Å². The molecule has 6 atom stereocenters. The summed E-state index contributed by atoms with van der Waals surface area (Å²) in [6, 6.07) is 9.40. The van der Waals surface area contributed by atoms with E-state index in [1.807, 2.05) is 19.2 Å². The number of alkyl halides is 3. The van der Waals surface area contributed by atoms with Gasteiger partial charge < -0.3 is 20.0 Å². The lowest BCUT2D eigenvalue weighted by atomic mass is 9.55. The number of hydrogen-bond donors (Lipinski definition) is 2. The standard InChI is InChI=1S/C58H64ClF4N7O5/c1-53(2,3)29-44-57(32-65-41-27-43(58(61,62)63)64-30-39(41)57)46(37-9-6-10-40(59)47(37)60)48(67(44)4)51(74)70(35-13-14-35)56-20-17-54(18-21-56,19-22-56)52(75)68-25-23-55(24-26-68)28-34(55)12-11-33-7-5-8-36-38(33)31-69(50(36)73)42-15-16-45(71)66-49(42)72/h5-10,27,30,34-35,42,44,46,48,65H,13-26,28-29,31-32H2,1-4H3,(H,66,71,72)/t34-,42?,44-,46-,48+,54?,56?,57-/m0/s1. The SMILES string of the molecule is CN1[C@@H](CC(C)(C)C)[C@@]2(CNc3cc(C(F)(F)F)ncc32)[C@@H](c2cccc(Cl)c2F)[C@@H]1C(=O)N(C1CC1)C12CCC(C(=O)N3CCC4(CC3)C[C@@H]4C#Cc3cccc4c3CN(C3CCC(=O)NC3=O)C4=O)(CC1)CC2. The van der Waals surface area contributed by atoms with Crippen LogP contribution in [0.2, 0.25) is 5.02 Å². The quantitative estimate of drug-likeness (QED) is 0.136. The summed E-state index contributed by atoms with van der Waals surface area (Å²) < 4.78 is 59.2. The molecule has 5 saturated carbocycles. The van der Waals surface area contributed by atoms with Gasteiger partial charge in [0.2, 0.25) is 23.6 Å². The summed E-state index contributed by atoms with van der Waals surface area (Å²) in [5.74, 6) is 4.73. The van der Waals surface area contributed by atoms with Crippen molar-refractivity contribution in [2.24, 2.45) is 22.2 Å². The normalized spacial score (nSPS) is 31.7. The second-order valence-electron chi connectivity index (χ2n) is 24.9. The van der Waals surface area contributed by atoms with Crippen molar-refractivity contribution in [2.45, 2.75) is 164 Å². The Labute approximate surface area is 440 Å². The number of imide groups is 1. The number of benzene rings is 2. The molecule has 12 nitrogen and oxygen atoms in total. The zero-order valence-corrected chi connectivity index (χ0v) is 43.7. The Morgan fingerprint density at radius 1 is 0.947 bits per heavy atom. The fourth-order valence-corrected chi connectivity index (χ4v) is 15.5. The zero-order chi connectivity index (χ0) is 52.8. The van der Waals surface area contributed by atoms with E-state index in [4.69, 9.17) is 11.6 Å². The molecule has 396 valence electrons. The molecule has 2 aromatic carbocycles. The lowest BCUT2D eigenvalue weighted by molar-refractivity contribution is -0.163. The van der Waals surface area contributed by atoms with Gasteiger partial charge in [0, 0.05) is 101 Å². The highest BCUT2D eigenvalue weighted by molar-refractivity contribution is 6.30. The first-order valence-corrected chi connectivity index (χ1v) is 27.3. The minimum atomic E-state index is -4.68. The first kappa shape index (κ1) is 50.3. The Morgan fingerprint density at radius 3 is 2.32 bits per heavy atom. The van der Waals surface area contributed by atoms with Gasteiger partial charge in [-0.2, -0.15) is 13.2 Å². The van der Waals surface area contributed by atoms with Gasteiger partial charge in [0.15, 0.2) is 0 Å². The van der Waals surface area contributed by atoms with Crippen molar-refractivity contribution in [3.05, 3.63) is 93.0 Å². The summed E-state index contributed by atoms with van der Waals surface area (Å²) >= 11 is 6.56. The first-order valence-electron chi connectivity index (χ1n) is 27.0. The number of halogens is 5. The van der Waals surface area contributed by atoms with Crippen molar-refractivity contribution in [3.8, 4) is 11.8 Å². The number of amides is 5. The number of hydrogen-bond acceptors (Lipinski definition) is 8. The number of fused-ring (bicyclic) bond motifs is 6. The highest BCUT2D eigenvalue weighted by atomic mass is 35.5. The van der Waals surface area contributed by atoms with Gasteiger partial charge in [0.05, 0.1) is 11.1 Å². The number of likely N-dealkylation sites (N-methyl/N-ethyl adjacent to an activating group) is 1. The van der Waals surface area contributed by atoms with Crippen LogP contribution >= 0.6 is 11.6 Å². The fraction of sp³-hybridized carbons (Fsp3) is 0.586. The summed E-state index contributed by atoms with van der Waals surface area (Å²) in [5.41, 5.74) is -0.137. The summed E-state index contributed by atoms with van der Waals surface area (Å²) in [6.45, 7) is 8.06. The highest BCUT2D eigenvalue weighted by Crippen LogP contribution is 2.63. The van der Waals surface area contributed by atoms with E-state index in [1.54, 1.807) is 23.1 Å². The largest absolute Gasteiger partial charge is 0.433 e. The molecule has 5 aliphatic carbocycles. The number of carbonyl (C=O) groups is 5. The van der Waals surface area contributed by atoms with Crippen molar-refractivity contribution in [3.63, 3.8) is 0 Å². The number of aromatic nitrogens is 1. The molecule has 10 aliphatic rings. The average Bonchev–Trinajstić information content (AvgIpc) is 4.24. The maximum Gasteiger partial charge on any atom is 0.433 e. The second kappa shape index (κ2) is 17.5. The van der Waals surface area contributed by atoms with Crippen LogP contribution in [0.5, 0.6) is 0 Å². The number of nitrogens with one attached hydrogen (secondary N) is 2. The van der Waals surface area contributed by atoms with Crippen LogP contribution in [0.4, 0.5) is 23.2 Å². The van der Waals surface area contributed by atoms with Gasteiger partial charge in [-0.15, -0.1) is 0 Å². The number of anilines is 1. The molecule has 13 rings (SSSR count). The summed E-state index contributed by atoms with van der Waals surface area (Å²) in [7, 11) is 1.92. The minimum absolute atomic E-state index is 0.00891. The van der Waals surface area contributed by atoms with Crippen LogP contribution in [-0.4, -0.2) is 111 Å². The van der Waals surface area contributed by atoms with Crippen molar-refractivity contribution in [1.82, 2.24) is 29.9 Å². The number of nitrogens with zero attached hydrogens (tertiary/aromatic N) is 5. The second-order valence-corrected chi connectivity index (χ2v) is 25.3. The highest BCUT2D eigenvalue weighted by Gasteiger charge is 2.68. The van der Waals surface area contributed by atoms with E-state index in [0.717, 1.165) is 49.3 Å². The van der Waals surface area contributed by atoms with Gasteiger partial charge in [-0.3, -0.25) is 39.2 Å². The first-order chi connectivity index (χ1) is 35.6. The summed E-state index contributed by atoms with van der Waals surface area (Å²) in [5, 5.41) is 5.57. The van der Waals surface area contributed by atoms with E-state index in [-0.39, 0.29) is 82.2 Å². The zero-order valence-electron chi connectivity index (χ0n) is 43.0.